The summed E-state index contributed by atoms with van der Waals surface area (Å²) in [6.45, 7) is 4.34. The van der Waals surface area contributed by atoms with E-state index in [4.69, 9.17) is 23.7 Å². The molecule has 30 heavy (non-hydrogen) atoms. The van der Waals surface area contributed by atoms with Crippen LogP contribution in [0.2, 0.25) is 0 Å². The number of hydrogen-bond donors (Lipinski definition) is 0. The molecule has 3 aliphatic heterocycles. The van der Waals surface area contributed by atoms with Crippen molar-refractivity contribution >= 4 is 21.7 Å². The van der Waals surface area contributed by atoms with Gasteiger partial charge in [0.1, 0.15) is 36.1 Å². The van der Waals surface area contributed by atoms with E-state index in [0.717, 1.165) is 22.4 Å². The molecule has 0 spiro atoms. The van der Waals surface area contributed by atoms with Gasteiger partial charge in [-0.2, -0.15) is 0 Å². The van der Waals surface area contributed by atoms with E-state index in [1.807, 2.05) is 12.1 Å². The van der Waals surface area contributed by atoms with Gasteiger partial charge in [0.25, 0.3) is 0 Å². The summed E-state index contributed by atoms with van der Waals surface area (Å²) >= 11 is 3.44. The number of ether oxygens (including phenoxy) is 5. The van der Waals surface area contributed by atoms with Crippen LogP contribution in [-0.2, 0) is 6.42 Å². The van der Waals surface area contributed by atoms with Crippen LogP contribution >= 0.6 is 15.9 Å². The molecule has 3 heterocycles. The van der Waals surface area contributed by atoms with E-state index in [0.29, 0.717) is 40.3 Å². The molecule has 0 radical (unpaired) electrons. The number of rotatable bonds is 4. The van der Waals surface area contributed by atoms with Crippen molar-refractivity contribution in [2.24, 2.45) is 0 Å². The fourth-order valence-corrected chi connectivity index (χ4v) is 4.74. The lowest BCUT2D eigenvalue weighted by Crippen LogP contribution is -2.43. The molecule has 156 valence electrons. The Kier molecular flexibility index (Phi) is 4.65. The van der Waals surface area contributed by atoms with Gasteiger partial charge >= 0.3 is 0 Å². The number of ketones is 1. The van der Waals surface area contributed by atoms with Crippen LogP contribution in [0.1, 0.15) is 27.4 Å². The molecular formula is C23H21BrO6. The van der Waals surface area contributed by atoms with E-state index in [2.05, 4.69) is 22.5 Å². The molecule has 2 aromatic rings. The van der Waals surface area contributed by atoms with Gasteiger partial charge in [-0.1, -0.05) is 22.5 Å². The first-order valence-corrected chi connectivity index (χ1v) is 10.8. The van der Waals surface area contributed by atoms with E-state index in [-0.39, 0.29) is 18.5 Å². The highest BCUT2D eigenvalue weighted by atomic mass is 79.9. The molecule has 6 nitrogen and oxygen atoms in total. The topological polar surface area (TPSA) is 63.2 Å². The molecule has 0 aromatic heterocycles. The van der Waals surface area contributed by atoms with Gasteiger partial charge in [-0.05, 0) is 23.8 Å². The maximum Gasteiger partial charge on any atom is 0.178 e. The second-order valence-electron chi connectivity index (χ2n) is 7.58. The summed E-state index contributed by atoms with van der Waals surface area (Å²) in [7, 11) is 3.14. The fourth-order valence-electron chi connectivity index (χ4n) is 4.38. The minimum absolute atomic E-state index is 0.0172. The lowest BCUT2D eigenvalue weighted by molar-refractivity contribution is 0.0554. The van der Waals surface area contributed by atoms with Gasteiger partial charge in [0.2, 0.25) is 0 Å². The maximum atomic E-state index is 13.6. The molecule has 2 aromatic carbocycles. The molecule has 0 saturated carbocycles. The molecule has 3 atom stereocenters. The summed E-state index contributed by atoms with van der Waals surface area (Å²) in [5.74, 6) is 2.64. The van der Waals surface area contributed by atoms with E-state index in [1.165, 1.54) is 0 Å². The zero-order chi connectivity index (χ0) is 21.0. The molecule has 0 aliphatic carbocycles. The van der Waals surface area contributed by atoms with Crippen LogP contribution in [0.15, 0.2) is 36.4 Å². The monoisotopic (exact) mass is 472 g/mol. The van der Waals surface area contributed by atoms with Crippen molar-refractivity contribution in [3.63, 3.8) is 0 Å². The van der Waals surface area contributed by atoms with Crippen molar-refractivity contribution in [3.05, 3.63) is 53.1 Å². The van der Waals surface area contributed by atoms with Crippen molar-refractivity contribution in [2.75, 3.05) is 26.2 Å². The van der Waals surface area contributed by atoms with Crippen molar-refractivity contribution < 1.29 is 28.5 Å². The van der Waals surface area contributed by atoms with Crippen molar-refractivity contribution in [2.45, 2.75) is 24.5 Å². The highest BCUT2D eigenvalue weighted by molar-refractivity contribution is 9.09. The van der Waals surface area contributed by atoms with Gasteiger partial charge in [-0.3, -0.25) is 4.79 Å². The third-order valence-electron chi connectivity index (χ3n) is 5.95. The van der Waals surface area contributed by atoms with E-state index >= 15 is 0 Å². The third-order valence-corrected chi connectivity index (χ3v) is 6.67. The third kappa shape index (κ3) is 2.79. The lowest BCUT2D eigenvalue weighted by atomic mass is 9.81. The van der Waals surface area contributed by atoms with E-state index in [9.17, 15) is 4.79 Å². The lowest BCUT2D eigenvalue weighted by Gasteiger charge is -2.37. The molecule has 0 amide bonds. The molecule has 3 aliphatic rings. The predicted molar refractivity (Wildman–Crippen MR) is 114 cm³/mol. The van der Waals surface area contributed by atoms with Crippen molar-refractivity contribution in [1.82, 2.24) is 0 Å². The maximum absolute atomic E-state index is 13.6. The van der Waals surface area contributed by atoms with Crippen LogP contribution < -0.4 is 23.7 Å². The highest BCUT2D eigenvalue weighted by Gasteiger charge is 2.45. The largest absolute Gasteiger partial charge is 0.493 e. The molecule has 7 heteroatoms. The zero-order valence-corrected chi connectivity index (χ0v) is 18.3. The van der Waals surface area contributed by atoms with E-state index in [1.54, 1.807) is 26.4 Å². The second-order valence-corrected chi connectivity index (χ2v) is 8.14. The van der Waals surface area contributed by atoms with Crippen LogP contribution in [0.4, 0.5) is 0 Å². The van der Waals surface area contributed by atoms with Gasteiger partial charge in [-0.25, -0.2) is 0 Å². The van der Waals surface area contributed by atoms with Gasteiger partial charge in [-0.15, -0.1) is 0 Å². The van der Waals surface area contributed by atoms with Crippen LogP contribution in [0.5, 0.6) is 28.7 Å². The molecule has 3 unspecified atom stereocenters. The minimum Gasteiger partial charge on any atom is -0.493 e. The second kappa shape index (κ2) is 7.23. The first-order chi connectivity index (χ1) is 14.5. The molecule has 0 saturated heterocycles. The molecule has 5 rings (SSSR count). The summed E-state index contributed by atoms with van der Waals surface area (Å²) in [6.07, 6.45) is 0.0960. The quantitative estimate of drug-likeness (QED) is 0.493. The molecule has 0 bridgehead atoms. The first kappa shape index (κ1) is 19.3. The average molecular weight is 473 g/mol. The normalized spacial score (nSPS) is 23.0. The van der Waals surface area contributed by atoms with Gasteiger partial charge in [0.15, 0.2) is 17.3 Å². The molecule has 0 N–H and O–H groups in total. The molecular weight excluding hydrogens is 452 g/mol. The van der Waals surface area contributed by atoms with Crippen LogP contribution in [0.25, 0.3) is 0 Å². The van der Waals surface area contributed by atoms with Crippen LogP contribution in [-0.4, -0.2) is 44.1 Å². The number of Topliss-reactive ketones (excluding diaryl/α,β-unsaturated/α-hetero) is 1. The SMILES string of the molecule is C=C(CBr)C1Cc2c(ccc3c2OC2COc4cc(OC)c(OC)cc4C2C3=O)O1. The highest BCUT2D eigenvalue weighted by Crippen LogP contribution is 2.49. The fraction of sp³-hybridized carbons (Fsp3) is 0.348. The average Bonchev–Trinajstić information content (AvgIpc) is 3.22. The van der Waals surface area contributed by atoms with Crippen molar-refractivity contribution in [3.8, 4) is 28.7 Å². The van der Waals surface area contributed by atoms with Gasteiger partial charge < -0.3 is 23.7 Å². The Hall–Kier alpha value is -2.67. The van der Waals surface area contributed by atoms with Crippen LogP contribution in [0.3, 0.4) is 0 Å². The van der Waals surface area contributed by atoms with Crippen LogP contribution in [0, 0.1) is 0 Å². The Morgan fingerprint density at radius 2 is 1.93 bits per heavy atom. The number of benzene rings is 2. The first-order valence-electron chi connectivity index (χ1n) is 9.71. The Bertz CT molecular complexity index is 1060. The zero-order valence-electron chi connectivity index (χ0n) is 16.7. The van der Waals surface area contributed by atoms with Crippen molar-refractivity contribution in [1.29, 1.82) is 0 Å². The molecule has 0 fully saturated rings. The number of alkyl halides is 1. The summed E-state index contributed by atoms with van der Waals surface area (Å²) in [5.41, 5.74) is 3.20. The number of carbonyl (C=O) groups excluding carboxylic acids is 1. The predicted octanol–water partition coefficient (Wildman–Crippen LogP) is 4.08. The number of halogens is 1. The van der Waals surface area contributed by atoms with E-state index < -0.39 is 12.0 Å². The minimum atomic E-state index is -0.463. The summed E-state index contributed by atoms with van der Waals surface area (Å²) < 4.78 is 29.1. The Morgan fingerprint density at radius 1 is 1.17 bits per heavy atom. The number of carbonyl (C=O) groups is 1. The standard InChI is InChI=1S/C23H21BrO6/c1-11(9-24)16-7-14-15(29-16)5-4-12-22(25)21-13-6-18(26-2)19(27-3)8-17(13)28-10-20(21)30-23(12)14/h4-6,8,16,20-21H,1,7,9-10H2,2-3H3. The van der Waals surface area contributed by atoms with Gasteiger partial charge in [0, 0.05) is 28.9 Å². The Morgan fingerprint density at radius 3 is 2.67 bits per heavy atom. The van der Waals surface area contributed by atoms with Gasteiger partial charge in [0.05, 0.1) is 25.7 Å². The summed E-state index contributed by atoms with van der Waals surface area (Å²) in [4.78, 5) is 13.6. The Balaban J connectivity index is 1.56. The number of methoxy groups -OCH3 is 2. The summed E-state index contributed by atoms with van der Waals surface area (Å²) in [6, 6.07) is 7.22. The number of fused-ring (bicyclic) bond motifs is 6. The summed E-state index contributed by atoms with van der Waals surface area (Å²) in [5, 5.41) is 0.661. The smallest absolute Gasteiger partial charge is 0.178 e. The Labute approximate surface area is 182 Å². The number of hydrogen-bond acceptors (Lipinski definition) is 6.